The predicted molar refractivity (Wildman–Crippen MR) is 102 cm³/mol. The molecule has 5 nitrogen and oxygen atoms in total. The van der Waals surface area contributed by atoms with E-state index in [1.165, 1.54) is 0 Å². The first-order valence-corrected chi connectivity index (χ1v) is 9.06. The van der Waals surface area contributed by atoms with Gasteiger partial charge in [-0.3, -0.25) is 9.59 Å². The lowest BCUT2D eigenvalue weighted by atomic mass is 10.1. The summed E-state index contributed by atoms with van der Waals surface area (Å²) in [5.74, 6) is 0.304. The van der Waals surface area contributed by atoms with Crippen LogP contribution in [0.1, 0.15) is 26.2 Å². The Morgan fingerprint density at radius 1 is 1.15 bits per heavy atom. The Balaban J connectivity index is 1.56. The van der Waals surface area contributed by atoms with Crippen LogP contribution in [0.4, 0.5) is 11.4 Å². The molecular weight excluding hydrogens is 328 g/mol. The maximum atomic E-state index is 12.5. The van der Waals surface area contributed by atoms with Gasteiger partial charge in [0.25, 0.3) is 0 Å². The average molecular weight is 352 g/mol. The van der Waals surface area contributed by atoms with Gasteiger partial charge in [0.1, 0.15) is 5.75 Å². The van der Waals surface area contributed by atoms with Crippen molar-refractivity contribution in [1.82, 2.24) is 0 Å². The summed E-state index contributed by atoms with van der Waals surface area (Å²) in [5, 5.41) is 2.90. The Hall–Kier alpha value is -2.82. The smallest absolute Gasteiger partial charge is 0.229 e. The second kappa shape index (κ2) is 8.52. The number of amides is 2. The van der Waals surface area contributed by atoms with Gasteiger partial charge in [0.05, 0.1) is 12.5 Å². The van der Waals surface area contributed by atoms with Gasteiger partial charge in [0.2, 0.25) is 11.8 Å². The van der Waals surface area contributed by atoms with Gasteiger partial charge in [0.15, 0.2) is 0 Å². The van der Waals surface area contributed by atoms with E-state index >= 15 is 0 Å². The fraction of sp³-hybridized carbons (Fsp3) is 0.333. The van der Waals surface area contributed by atoms with Crippen molar-refractivity contribution in [3.63, 3.8) is 0 Å². The highest BCUT2D eigenvalue weighted by Crippen LogP contribution is 2.26. The summed E-state index contributed by atoms with van der Waals surface area (Å²) in [5.41, 5.74) is 1.55. The third-order valence-corrected chi connectivity index (χ3v) is 4.45. The molecule has 1 atom stereocenters. The summed E-state index contributed by atoms with van der Waals surface area (Å²) in [6.07, 6.45) is 2.35. The Labute approximate surface area is 154 Å². The molecule has 1 aliphatic rings. The lowest BCUT2D eigenvalue weighted by molar-refractivity contribution is -0.122. The highest BCUT2D eigenvalue weighted by molar-refractivity contribution is 6.03. The van der Waals surface area contributed by atoms with Crippen LogP contribution in [0.15, 0.2) is 54.6 Å². The summed E-state index contributed by atoms with van der Waals surface area (Å²) in [4.78, 5) is 26.4. The second-order valence-electron chi connectivity index (χ2n) is 6.46. The quantitative estimate of drug-likeness (QED) is 0.770. The number of hydrogen-bond donors (Lipinski definition) is 1. The summed E-state index contributed by atoms with van der Waals surface area (Å²) in [6, 6.07) is 16.8. The lowest BCUT2D eigenvalue weighted by Crippen LogP contribution is -2.28. The molecule has 0 aliphatic carbocycles. The van der Waals surface area contributed by atoms with E-state index in [4.69, 9.17) is 4.74 Å². The van der Waals surface area contributed by atoms with Gasteiger partial charge in [-0.05, 0) is 42.8 Å². The molecule has 136 valence electrons. The molecule has 2 aromatic rings. The average Bonchev–Trinajstić information content (AvgIpc) is 3.06. The minimum absolute atomic E-state index is 0.0176. The van der Waals surface area contributed by atoms with Gasteiger partial charge in [-0.15, -0.1) is 0 Å². The monoisotopic (exact) mass is 352 g/mol. The molecule has 26 heavy (non-hydrogen) atoms. The number of unbranched alkanes of at least 4 members (excludes halogenated alkanes) is 1. The molecule has 0 radical (unpaired) electrons. The topological polar surface area (TPSA) is 58.6 Å². The molecule has 5 heteroatoms. The first kappa shape index (κ1) is 18.0. The molecule has 0 spiro atoms. The summed E-state index contributed by atoms with van der Waals surface area (Å²) in [7, 11) is 0. The van der Waals surface area contributed by atoms with Crippen molar-refractivity contribution < 1.29 is 14.3 Å². The van der Waals surface area contributed by atoms with Crippen LogP contribution in [0.25, 0.3) is 0 Å². The maximum Gasteiger partial charge on any atom is 0.229 e. The highest BCUT2D eigenvalue weighted by atomic mass is 16.5. The van der Waals surface area contributed by atoms with Crippen LogP contribution in [-0.2, 0) is 9.59 Å². The number of hydrogen-bond acceptors (Lipinski definition) is 3. The standard InChI is InChI=1S/C21H24N2O3/c1-2-3-13-26-19-11-9-17(10-12-19)22-21(25)16-14-20(24)23(15-16)18-7-5-4-6-8-18/h4-12,16H,2-3,13-15H2,1H3,(H,22,25). The zero-order chi connectivity index (χ0) is 18.4. The van der Waals surface area contributed by atoms with Gasteiger partial charge in [-0.25, -0.2) is 0 Å². The SMILES string of the molecule is CCCCOc1ccc(NC(=O)C2CC(=O)N(c3ccccc3)C2)cc1. The fourth-order valence-corrected chi connectivity index (χ4v) is 2.95. The molecule has 1 aliphatic heterocycles. The van der Waals surface area contributed by atoms with Crippen molar-refractivity contribution in [3.8, 4) is 5.75 Å². The zero-order valence-corrected chi connectivity index (χ0v) is 15.0. The van der Waals surface area contributed by atoms with Crippen LogP contribution < -0.4 is 15.0 Å². The van der Waals surface area contributed by atoms with E-state index < -0.39 is 0 Å². The number of rotatable bonds is 7. The van der Waals surface area contributed by atoms with Crippen LogP contribution in [0.2, 0.25) is 0 Å². The van der Waals surface area contributed by atoms with Gasteiger partial charge in [-0.2, -0.15) is 0 Å². The minimum Gasteiger partial charge on any atom is -0.494 e. The summed E-state index contributed by atoms with van der Waals surface area (Å²) < 4.78 is 5.62. The molecule has 2 amide bonds. The normalized spacial score (nSPS) is 16.6. The second-order valence-corrected chi connectivity index (χ2v) is 6.46. The Morgan fingerprint density at radius 2 is 1.88 bits per heavy atom. The van der Waals surface area contributed by atoms with Crippen LogP contribution in [-0.4, -0.2) is 25.0 Å². The zero-order valence-electron chi connectivity index (χ0n) is 15.0. The van der Waals surface area contributed by atoms with Gasteiger partial charge >= 0.3 is 0 Å². The Kier molecular flexibility index (Phi) is 5.89. The number of para-hydroxylation sites is 1. The van der Waals surface area contributed by atoms with E-state index in [9.17, 15) is 9.59 Å². The molecule has 1 fully saturated rings. The van der Waals surface area contributed by atoms with Gasteiger partial charge in [-0.1, -0.05) is 31.5 Å². The molecular formula is C21H24N2O3. The lowest BCUT2D eigenvalue weighted by Gasteiger charge is -2.16. The van der Waals surface area contributed by atoms with Gasteiger partial charge in [0, 0.05) is 24.3 Å². The van der Waals surface area contributed by atoms with Crippen LogP contribution in [0.5, 0.6) is 5.75 Å². The summed E-state index contributed by atoms with van der Waals surface area (Å²) in [6.45, 7) is 3.23. The van der Waals surface area contributed by atoms with Gasteiger partial charge < -0.3 is 15.0 Å². The number of anilines is 2. The molecule has 0 bridgehead atoms. The molecule has 3 rings (SSSR count). The van der Waals surface area contributed by atoms with Crippen molar-refractivity contribution in [2.24, 2.45) is 5.92 Å². The van der Waals surface area contributed by atoms with Crippen molar-refractivity contribution >= 4 is 23.2 Å². The first-order valence-electron chi connectivity index (χ1n) is 9.06. The van der Waals surface area contributed by atoms with E-state index in [1.807, 2.05) is 54.6 Å². The fourth-order valence-electron chi connectivity index (χ4n) is 2.95. The molecule has 1 unspecified atom stereocenters. The van der Waals surface area contributed by atoms with Crippen molar-refractivity contribution in [2.75, 3.05) is 23.4 Å². The van der Waals surface area contributed by atoms with E-state index in [-0.39, 0.29) is 24.2 Å². The van der Waals surface area contributed by atoms with E-state index in [2.05, 4.69) is 12.2 Å². The van der Waals surface area contributed by atoms with Crippen LogP contribution in [0, 0.1) is 5.92 Å². The molecule has 0 aromatic heterocycles. The number of carbonyl (C=O) groups excluding carboxylic acids is 2. The Morgan fingerprint density at radius 3 is 2.58 bits per heavy atom. The highest BCUT2D eigenvalue weighted by Gasteiger charge is 2.35. The van der Waals surface area contributed by atoms with Crippen molar-refractivity contribution in [1.29, 1.82) is 0 Å². The van der Waals surface area contributed by atoms with E-state index in [0.29, 0.717) is 18.8 Å². The number of carbonyl (C=O) groups is 2. The van der Waals surface area contributed by atoms with E-state index in [0.717, 1.165) is 24.3 Å². The van der Waals surface area contributed by atoms with Crippen molar-refractivity contribution in [3.05, 3.63) is 54.6 Å². The minimum atomic E-state index is -0.344. The number of nitrogens with zero attached hydrogens (tertiary/aromatic N) is 1. The third kappa shape index (κ3) is 4.42. The van der Waals surface area contributed by atoms with Crippen LogP contribution >= 0.6 is 0 Å². The van der Waals surface area contributed by atoms with Crippen LogP contribution in [0.3, 0.4) is 0 Å². The third-order valence-electron chi connectivity index (χ3n) is 4.45. The van der Waals surface area contributed by atoms with E-state index in [1.54, 1.807) is 4.90 Å². The first-order chi connectivity index (χ1) is 12.7. The Bertz CT molecular complexity index is 744. The number of benzene rings is 2. The molecule has 1 N–H and O–H groups in total. The molecule has 0 saturated carbocycles. The predicted octanol–water partition coefficient (Wildman–Crippen LogP) is 3.86. The van der Waals surface area contributed by atoms with Crippen molar-refractivity contribution in [2.45, 2.75) is 26.2 Å². The maximum absolute atomic E-state index is 12.5. The number of ether oxygens (including phenoxy) is 1. The number of nitrogens with one attached hydrogen (secondary N) is 1. The molecule has 1 heterocycles. The summed E-state index contributed by atoms with van der Waals surface area (Å²) >= 11 is 0. The molecule has 1 saturated heterocycles. The largest absolute Gasteiger partial charge is 0.494 e. The molecule has 2 aromatic carbocycles.